The second-order valence-corrected chi connectivity index (χ2v) is 6.20. The topological polar surface area (TPSA) is 49.4 Å². The Kier molecular flexibility index (Phi) is 3.32. The van der Waals surface area contributed by atoms with E-state index in [1.54, 1.807) is 18.2 Å². The molecule has 1 aliphatic heterocycles. The highest BCUT2D eigenvalue weighted by atomic mass is 32.2. The fourth-order valence-electron chi connectivity index (χ4n) is 1.47. The van der Waals surface area contributed by atoms with Crippen LogP contribution < -0.4 is 5.32 Å². The molecule has 1 atom stereocenters. The highest BCUT2D eigenvalue weighted by Crippen LogP contribution is 2.13. The van der Waals surface area contributed by atoms with E-state index in [1.165, 1.54) is 0 Å². The molecule has 0 radical (unpaired) electrons. The number of nitrogens with zero attached hydrogens (tertiary/aromatic N) is 1. The predicted octanol–water partition coefficient (Wildman–Crippen LogP) is 0.0183. The molecule has 1 unspecified atom stereocenters. The minimum Gasteiger partial charge on any atom is -0.314 e. The molecule has 0 spiro atoms. The lowest BCUT2D eigenvalue weighted by molar-refractivity contribution is 0.282. The minimum absolute atomic E-state index is 0.0844. The second-order valence-electron chi connectivity index (χ2n) is 3.76. The molecule has 0 aromatic heterocycles. The summed E-state index contributed by atoms with van der Waals surface area (Å²) in [4.78, 5) is 0. The van der Waals surface area contributed by atoms with E-state index in [2.05, 4.69) is 5.32 Å². The Morgan fingerprint density at radius 1 is 1.46 bits per heavy atom. The molecule has 1 heterocycles. The van der Waals surface area contributed by atoms with Crippen LogP contribution in [0.1, 0.15) is 20.8 Å². The first-order valence-corrected chi connectivity index (χ1v) is 6.18. The van der Waals surface area contributed by atoms with Gasteiger partial charge >= 0.3 is 0 Å². The summed E-state index contributed by atoms with van der Waals surface area (Å²) in [6.07, 6.45) is 0. The Morgan fingerprint density at radius 2 is 2.08 bits per heavy atom. The van der Waals surface area contributed by atoms with Crippen molar-refractivity contribution in [3.8, 4) is 0 Å². The molecule has 1 N–H and O–H groups in total. The molecule has 0 saturated carbocycles. The van der Waals surface area contributed by atoms with Gasteiger partial charge in [-0.2, -0.15) is 4.31 Å². The summed E-state index contributed by atoms with van der Waals surface area (Å²) in [5.41, 5.74) is 0. The summed E-state index contributed by atoms with van der Waals surface area (Å²) >= 11 is 0. The summed E-state index contributed by atoms with van der Waals surface area (Å²) in [5, 5.41) is 2.86. The van der Waals surface area contributed by atoms with Gasteiger partial charge in [0.2, 0.25) is 10.0 Å². The average Bonchev–Trinajstić information content (AvgIpc) is 2.04. The van der Waals surface area contributed by atoms with Crippen LogP contribution in [-0.2, 0) is 10.0 Å². The van der Waals surface area contributed by atoms with Crippen molar-refractivity contribution >= 4 is 10.0 Å². The van der Waals surface area contributed by atoms with Crippen LogP contribution in [0.2, 0.25) is 0 Å². The van der Waals surface area contributed by atoms with Crippen molar-refractivity contribution in [3.63, 3.8) is 0 Å². The van der Waals surface area contributed by atoms with Crippen LogP contribution in [0.3, 0.4) is 0 Å². The highest BCUT2D eigenvalue weighted by molar-refractivity contribution is 7.89. The Bertz CT molecular complexity index is 261. The first-order valence-electron chi connectivity index (χ1n) is 4.67. The first kappa shape index (κ1) is 10.9. The van der Waals surface area contributed by atoms with Crippen molar-refractivity contribution in [3.05, 3.63) is 0 Å². The molecule has 78 valence electrons. The van der Waals surface area contributed by atoms with Crippen LogP contribution in [0, 0.1) is 0 Å². The molecule has 5 heteroatoms. The third-order valence-corrected chi connectivity index (χ3v) is 4.75. The molecular formula is C8H18N2O2S. The fourth-order valence-corrected chi connectivity index (χ4v) is 2.93. The summed E-state index contributed by atoms with van der Waals surface area (Å²) in [6, 6.07) is 0.0844. The van der Waals surface area contributed by atoms with E-state index in [0.29, 0.717) is 6.54 Å². The van der Waals surface area contributed by atoms with Crippen molar-refractivity contribution < 1.29 is 8.42 Å². The molecule has 0 aromatic rings. The number of nitrogens with one attached hydrogen (secondary N) is 1. The quantitative estimate of drug-likeness (QED) is 0.693. The second kappa shape index (κ2) is 3.94. The van der Waals surface area contributed by atoms with E-state index in [4.69, 9.17) is 0 Å². The van der Waals surface area contributed by atoms with Gasteiger partial charge < -0.3 is 5.32 Å². The van der Waals surface area contributed by atoms with E-state index in [0.717, 1.165) is 13.1 Å². The Hall–Kier alpha value is -0.130. The molecule has 0 bridgehead atoms. The van der Waals surface area contributed by atoms with E-state index >= 15 is 0 Å². The summed E-state index contributed by atoms with van der Waals surface area (Å²) in [6.45, 7) is 7.50. The Balaban J connectivity index is 2.80. The van der Waals surface area contributed by atoms with Crippen molar-refractivity contribution in [1.29, 1.82) is 0 Å². The van der Waals surface area contributed by atoms with Gasteiger partial charge in [-0.1, -0.05) is 0 Å². The van der Waals surface area contributed by atoms with Crippen LogP contribution in [0.15, 0.2) is 0 Å². The Morgan fingerprint density at radius 3 is 2.54 bits per heavy atom. The molecule has 0 aliphatic carbocycles. The largest absolute Gasteiger partial charge is 0.314 e. The molecule has 1 aliphatic rings. The lowest BCUT2D eigenvalue weighted by atomic mass is 10.3. The zero-order valence-corrected chi connectivity index (χ0v) is 9.26. The summed E-state index contributed by atoms with van der Waals surface area (Å²) in [7, 11) is -3.06. The predicted molar refractivity (Wildman–Crippen MR) is 53.1 cm³/mol. The maximum atomic E-state index is 11.8. The van der Waals surface area contributed by atoms with Crippen LogP contribution in [0.5, 0.6) is 0 Å². The highest BCUT2D eigenvalue weighted by Gasteiger charge is 2.31. The SMILES string of the molecule is CC1CNCCN1S(=O)(=O)C(C)C. The van der Waals surface area contributed by atoms with Crippen molar-refractivity contribution in [2.45, 2.75) is 32.1 Å². The van der Waals surface area contributed by atoms with Crippen LogP contribution in [0.4, 0.5) is 0 Å². The maximum absolute atomic E-state index is 11.8. The van der Waals surface area contributed by atoms with Gasteiger partial charge in [-0.25, -0.2) is 8.42 Å². The molecule has 1 fully saturated rings. The van der Waals surface area contributed by atoms with Crippen molar-refractivity contribution in [2.75, 3.05) is 19.6 Å². The van der Waals surface area contributed by atoms with Crippen LogP contribution in [0.25, 0.3) is 0 Å². The number of hydrogen-bond acceptors (Lipinski definition) is 3. The number of hydrogen-bond donors (Lipinski definition) is 1. The Labute approximate surface area is 80.4 Å². The average molecular weight is 206 g/mol. The molecule has 0 aromatic carbocycles. The van der Waals surface area contributed by atoms with Gasteiger partial charge in [0.05, 0.1) is 5.25 Å². The summed E-state index contributed by atoms with van der Waals surface area (Å²) in [5.74, 6) is 0. The smallest absolute Gasteiger partial charge is 0.216 e. The summed E-state index contributed by atoms with van der Waals surface area (Å²) < 4.78 is 25.2. The van der Waals surface area contributed by atoms with E-state index in [-0.39, 0.29) is 11.3 Å². The van der Waals surface area contributed by atoms with Gasteiger partial charge in [0.1, 0.15) is 0 Å². The lowest BCUT2D eigenvalue weighted by Gasteiger charge is -2.34. The van der Waals surface area contributed by atoms with Gasteiger partial charge in [-0.05, 0) is 20.8 Å². The number of rotatable bonds is 2. The van der Waals surface area contributed by atoms with Gasteiger partial charge in [0.15, 0.2) is 0 Å². The number of piperazine rings is 1. The lowest BCUT2D eigenvalue weighted by Crippen LogP contribution is -2.53. The molecule has 13 heavy (non-hydrogen) atoms. The monoisotopic (exact) mass is 206 g/mol. The molecule has 0 amide bonds. The molecule has 4 nitrogen and oxygen atoms in total. The van der Waals surface area contributed by atoms with Crippen LogP contribution >= 0.6 is 0 Å². The van der Waals surface area contributed by atoms with E-state index < -0.39 is 10.0 Å². The third-order valence-electron chi connectivity index (χ3n) is 2.36. The fraction of sp³-hybridized carbons (Fsp3) is 1.00. The third kappa shape index (κ3) is 2.21. The first-order chi connectivity index (χ1) is 5.96. The standard InChI is InChI=1S/C8H18N2O2S/c1-7(2)13(11,12)10-5-4-9-6-8(10)3/h7-9H,4-6H2,1-3H3. The number of sulfonamides is 1. The molecule has 1 saturated heterocycles. The van der Waals surface area contributed by atoms with Gasteiger partial charge in [0.25, 0.3) is 0 Å². The van der Waals surface area contributed by atoms with Gasteiger partial charge in [0, 0.05) is 25.7 Å². The molecule has 1 rings (SSSR count). The van der Waals surface area contributed by atoms with E-state index in [1.807, 2.05) is 6.92 Å². The zero-order valence-electron chi connectivity index (χ0n) is 8.45. The van der Waals surface area contributed by atoms with Crippen molar-refractivity contribution in [1.82, 2.24) is 9.62 Å². The normalized spacial score (nSPS) is 26.6. The molecular weight excluding hydrogens is 188 g/mol. The van der Waals surface area contributed by atoms with Crippen LogP contribution in [-0.4, -0.2) is 43.6 Å². The van der Waals surface area contributed by atoms with Gasteiger partial charge in [-0.3, -0.25) is 0 Å². The minimum atomic E-state index is -3.06. The van der Waals surface area contributed by atoms with E-state index in [9.17, 15) is 8.42 Å². The maximum Gasteiger partial charge on any atom is 0.216 e. The van der Waals surface area contributed by atoms with Crippen molar-refractivity contribution in [2.24, 2.45) is 0 Å². The van der Waals surface area contributed by atoms with Gasteiger partial charge in [-0.15, -0.1) is 0 Å². The zero-order chi connectivity index (χ0) is 10.1.